The SMILES string of the molecule is CC[C@H](C(=O)NC(C)C)N(Cc1ccc(OC)cc1)C(=O)CN(c1ccccc1Br)S(C)(=O)=O. The maximum absolute atomic E-state index is 13.6. The standard InChI is InChI=1S/C24H32BrN3O5S/c1-6-21(24(30)26-17(2)3)27(15-18-11-13-19(33-4)14-12-18)23(29)16-28(34(5,31)32)22-10-8-7-9-20(22)25/h7-14,17,21H,6,15-16H2,1-5H3,(H,26,30)/t21-/m1/s1. The van der Waals surface area contributed by atoms with Crippen molar-refractivity contribution in [3.8, 4) is 5.75 Å². The second kappa shape index (κ2) is 12.2. The van der Waals surface area contributed by atoms with Crippen LogP contribution < -0.4 is 14.4 Å². The quantitative estimate of drug-likeness (QED) is 0.459. The smallest absolute Gasteiger partial charge is 0.244 e. The molecule has 0 aliphatic carbocycles. The molecule has 0 aliphatic rings. The molecule has 0 fully saturated rings. The molecule has 0 heterocycles. The Morgan fingerprint density at radius 1 is 1.09 bits per heavy atom. The van der Waals surface area contributed by atoms with E-state index in [9.17, 15) is 18.0 Å². The molecule has 1 N–H and O–H groups in total. The molecule has 0 unspecified atom stereocenters. The second-order valence-corrected chi connectivity index (χ2v) is 10.9. The lowest BCUT2D eigenvalue weighted by atomic mass is 10.1. The summed E-state index contributed by atoms with van der Waals surface area (Å²) in [7, 11) is -2.22. The molecule has 0 spiro atoms. The number of sulfonamides is 1. The molecule has 1 atom stereocenters. The highest BCUT2D eigenvalue weighted by Crippen LogP contribution is 2.28. The molecule has 0 aromatic heterocycles. The summed E-state index contributed by atoms with van der Waals surface area (Å²) in [6, 6.07) is 13.1. The van der Waals surface area contributed by atoms with Gasteiger partial charge in [-0.15, -0.1) is 0 Å². The Labute approximate surface area is 210 Å². The van der Waals surface area contributed by atoms with Crippen LogP contribution in [0.3, 0.4) is 0 Å². The Bertz CT molecular complexity index is 1090. The number of carbonyl (C=O) groups is 2. The molecule has 8 nitrogen and oxygen atoms in total. The van der Waals surface area contributed by atoms with E-state index in [1.54, 1.807) is 43.5 Å². The van der Waals surface area contributed by atoms with E-state index >= 15 is 0 Å². The summed E-state index contributed by atoms with van der Waals surface area (Å²) in [6.45, 7) is 5.21. The third-order valence-corrected chi connectivity index (χ3v) is 6.93. The number of methoxy groups -OCH3 is 1. The maximum atomic E-state index is 13.6. The summed E-state index contributed by atoms with van der Waals surface area (Å²) in [5, 5.41) is 2.87. The van der Waals surface area contributed by atoms with Crippen LogP contribution in [0.1, 0.15) is 32.8 Å². The third kappa shape index (κ3) is 7.46. The van der Waals surface area contributed by atoms with Crippen LogP contribution in [-0.4, -0.2) is 57.1 Å². The van der Waals surface area contributed by atoms with Gasteiger partial charge in [-0.1, -0.05) is 31.2 Å². The molecule has 34 heavy (non-hydrogen) atoms. The van der Waals surface area contributed by atoms with Crippen molar-refractivity contribution in [2.24, 2.45) is 0 Å². The molecule has 186 valence electrons. The lowest BCUT2D eigenvalue weighted by Gasteiger charge is -2.33. The van der Waals surface area contributed by atoms with Crippen LogP contribution in [0.15, 0.2) is 53.0 Å². The fourth-order valence-corrected chi connectivity index (χ4v) is 4.95. The van der Waals surface area contributed by atoms with Crippen LogP contribution in [0.2, 0.25) is 0 Å². The number of rotatable bonds is 11. The van der Waals surface area contributed by atoms with Gasteiger partial charge in [0.25, 0.3) is 0 Å². The number of benzene rings is 2. The number of amides is 2. The predicted octanol–water partition coefficient (Wildman–Crippen LogP) is 3.56. The lowest BCUT2D eigenvalue weighted by molar-refractivity contribution is -0.140. The van der Waals surface area contributed by atoms with Crippen molar-refractivity contribution in [3.05, 3.63) is 58.6 Å². The Balaban J connectivity index is 2.44. The van der Waals surface area contributed by atoms with E-state index in [1.807, 2.05) is 32.9 Å². The van der Waals surface area contributed by atoms with E-state index in [1.165, 1.54) is 4.90 Å². The number of nitrogens with zero attached hydrogens (tertiary/aromatic N) is 2. The topological polar surface area (TPSA) is 96.0 Å². The van der Waals surface area contributed by atoms with Gasteiger partial charge < -0.3 is 15.0 Å². The number of halogens is 1. The molecule has 0 saturated heterocycles. The molecular formula is C24H32BrN3O5S. The molecule has 2 aromatic carbocycles. The van der Waals surface area contributed by atoms with Crippen molar-refractivity contribution in [3.63, 3.8) is 0 Å². The molecule has 2 amide bonds. The first-order chi connectivity index (χ1) is 16.0. The van der Waals surface area contributed by atoms with Crippen LogP contribution in [0.25, 0.3) is 0 Å². The number of hydrogen-bond donors (Lipinski definition) is 1. The van der Waals surface area contributed by atoms with Crippen molar-refractivity contribution in [2.75, 3.05) is 24.2 Å². The van der Waals surface area contributed by atoms with Gasteiger partial charge in [-0.2, -0.15) is 0 Å². The number of anilines is 1. The van der Waals surface area contributed by atoms with Crippen molar-refractivity contribution < 1.29 is 22.7 Å². The van der Waals surface area contributed by atoms with Crippen molar-refractivity contribution in [1.29, 1.82) is 0 Å². The van der Waals surface area contributed by atoms with Gasteiger partial charge >= 0.3 is 0 Å². The van der Waals surface area contributed by atoms with Gasteiger partial charge in [0.2, 0.25) is 21.8 Å². The zero-order valence-electron chi connectivity index (χ0n) is 20.1. The minimum absolute atomic E-state index is 0.104. The molecule has 0 aliphatic heterocycles. The van der Waals surface area contributed by atoms with Gasteiger partial charge in [0.05, 0.1) is 19.1 Å². The van der Waals surface area contributed by atoms with Crippen LogP contribution in [-0.2, 0) is 26.2 Å². The van der Waals surface area contributed by atoms with E-state index in [0.29, 0.717) is 22.3 Å². The summed E-state index contributed by atoms with van der Waals surface area (Å²) < 4.78 is 32.1. The summed E-state index contributed by atoms with van der Waals surface area (Å²) in [5.74, 6) is -0.0997. The number of hydrogen-bond acceptors (Lipinski definition) is 5. The van der Waals surface area contributed by atoms with Crippen LogP contribution >= 0.6 is 15.9 Å². The zero-order valence-corrected chi connectivity index (χ0v) is 22.5. The Morgan fingerprint density at radius 2 is 1.71 bits per heavy atom. The van der Waals surface area contributed by atoms with Gasteiger partial charge in [0, 0.05) is 17.1 Å². The van der Waals surface area contributed by atoms with Gasteiger partial charge in [-0.05, 0) is 66.0 Å². The average molecular weight is 555 g/mol. The van der Waals surface area contributed by atoms with Crippen LogP contribution in [0.5, 0.6) is 5.75 Å². The fourth-order valence-electron chi connectivity index (χ4n) is 3.48. The Hall–Kier alpha value is -2.59. The predicted molar refractivity (Wildman–Crippen MR) is 137 cm³/mol. The van der Waals surface area contributed by atoms with E-state index in [2.05, 4.69) is 21.2 Å². The third-order valence-electron chi connectivity index (χ3n) is 5.13. The van der Waals surface area contributed by atoms with Crippen LogP contribution in [0.4, 0.5) is 5.69 Å². The van der Waals surface area contributed by atoms with Crippen molar-refractivity contribution in [1.82, 2.24) is 10.2 Å². The summed E-state index contributed by atoms with van der Waals surface area (Å²) in [6.07, 6.45) is 1.42. The maximum Gasteiger partial charge on any atom is 0.244 e. The van der Waals surface area contributed by atoms with Crippen molar-refractivity contribution >= 4 is 43.5 Å². The fraction of sp³-hybridized carbons (Fsp3) is 0.417. The van der Waals surface area contributed by atoms with Gasteiger partial charge in [0.15, 0.2) is 0 Å². The number of para-hydroxylation sites is 1. The van der Waals surface area contributed by atoms with Crippen molar-refractivity contribution in [2.45, 2.75) is 45.8 Å². The van der Waals surface area contributed by atoms with Gasteiger partial charge in [-0.3, -0.25) is 13.9 Å². The molecular weight excluding hydrogens is 522 g/mol. The monoisotopic (exact) mass is 553 g/mol. The summed E-state index contributed by atoms with van der Waals surface area (Å²) in [4.78, 5) is 28.0. The Kier molecular flexibility index (Phi) is 9.93. The minimum Gasteiger partial charge on any atom is -0.497 e. The van der Waals surface area contributed by atoms with Gasteiger partial charge in [-0.25, -0.2) is 8.42 Å². The van der Waals surface area contributed by atoms with E-state index in [0.717, 1.165) is 16.1 Å². The number of nitrogens with one attached hydrogen (secondary N) is 1. The summed E-state index contributed by atoms with van der Waals surface area (Å²) in [5.41, 5.74) is 1.14. The first-order valence-corrected chi connectivity index (χ1v) is 13.6. The number of ether oxygens (including phenoxy) is 1. The normalized spacial score (nSPS) is 12.2. The first kappa shape index (κ1) is 27.7. The van der Waals surface area contributed by atoms with E-state index in [4.69, 9.17) is 4.74 Å². The zero-order chi connectivity index (χ0) is 25.5. The molecule has 2 aromatic rings. The average Bonchev–Trinajstić information content (AvgIpc) is 2.77. The summed E-state index contributed by atoms with van der Waals surface area (Å²) >= 11 is 3.37. The highest BCUT2D eigenvalue weighted by Gasteiger charge is 2.32. The molecule has 0 bridgehead atoms. The molecule has 0 radical (unpaired) electrons. The number of carbonyl (C=O) groups excluding carboxylic acids is 2. The van der Waals surface area contributed by atoms with Crippen LogP contribution in [0, 0.1) is 0 Å². The van der Waals surface area contributed by atoms with E-state index < -0.39 is 28.5 Å². The van der Waals surface area contributed by atoms with Gasteiger partial charge in [0.1, 0.15) is 18.3 Å². The highest BCUT2D eigenvalue weighted by molar-refractivity contribution is 9.10. The minimum atomic E-state index is -3.78. The lowest BCUT2D eigenvalue weighted by Crippen LogP contribution is -2.53. The molecule has 0 saturated carbocycles. The second-order valence-electron chi connectivity index (χ2n) is 8.18. The highest BCUT2D eigenvalue weighted by atomic mass is 79.9. The molecule has 10 heteroatoms. The first-order valence-electron chi connectivity index (χ1n) is 10.9. The molecule has 2 rings (SSSR count). The Morgan fingerprint density at radius 3 is 2.21 bits per heavy atom. The van der Waals surface area contributed by atoms with E-state index in [-0.39, 0.29) is 18.5 Å². The largest absolute Gasteiger partial charge is 0.497 e.